The molecule has 3 rings (SSSR count). The van der Waals surface area contributed by atoms with E-state index in [0.717, 1.165) is 35.6 Å². The zero-order valence-corrected chi connectivity index (χ0v) is 17.0. The predicted molar refractivity (Wildman–Crippen MR) is 113 cm³/mol. The number of ether oxygens (including phenoxy) is 3. The summed E-state index contributed by atoms with van der Waals surface area (Å²) < 4.78 is 16.7. The Bertz CT molecular complexity index is 836. The van der Waals surface area contributed by atoms with Crippen LogP contribution in [0.4, 0.5) is 5.69 Å². The SMILES string of the molecule is COc1ccc(CN=C(N)Nc2ccc(OC)c(Cl)c2)c(OC2CCCC2)c1. The van der Waals surface area contributed by atoms with Crippen LogP contribution in [0.5, 0.6) is 17.2 Å². The third kappa shape index (κ3) is 5.23. The van der Waals surface area contributed by atoms with Crippen LogP contribution in [0, 0.1) is 0 Å². The van der Waals surface area contributed by atoms with E-state index in [9.17, 15) is 0 Å². The van der Waals surface area contributed by atoms with E-state index in [-0.39, 0.29) is 6.10 Å². The van der Waals surface area contributed by atoms with Gasteiger partial charge in [0.25, 0.3) is 0 Å². The summed E-state index contributed by atoms with van der Waals surface area (Å²) in [5.74, 6) is 2.47. The average Bonchev–Trinajstić information content (AvgIpc) is 3.20. The third-order valence-corrected chi connectivity index (χ3v) is 5.01. The fraction of sp³-hybridized carbons (Fsp3) is 0.381. The van der Waals surface area contributed by atoms with Gasteiger partial charge in [0.1, 0.15) is 17.2 Å². The number of hydrogen-bond acceptors (Lipinski definition) is 4. The molecule has 0 radical (unpaired) electrons. The molecular formula is C21H26ClN3O3. The Balaban J connectivity index is 1.70. The molecule has 0 saturated heterocycles. The van der Waals surface area contributed by atoms with Crippen molar-refractivity contribution in [3.63, 3.8) is 0 Å². The molecule has 0 spiro atoms. The molecule has 3 N–H and O–H groups in total. The van der Waals surface area contributed by atoms with E-state index < -0.39 is 0 Å². The number of methoxy groups -OCH3 is 2. The Morgan fingerprint density at radius 3 is 2.57 bits per heavy atom. The third-order valence-electron chi connectivity index (χ3n) is 4.71. The molecule has 0 amide bonds. The zero-order valence-electron chi connectivity index (χ0n) is 16.2. The van der Waals surface area contributed by atoms with Gasteiger partial charge in [-0.2, -0.15) is 0 Å². The normalized spacial score (nSPS) is 14.8. The van der Waals surface area contributed by atoms with Crippen LogP contribution in [0.1, 0.15) is 31.2 Å². The van der Waals surface area contributed by atoms with Gasteiger partial charge in [-0.05, 0) is 56.0 Å². The molecule has 0 aliphatic heterocycles. The molecule has 2 aromatic carbocycles. The summed E-state index contributed by atoms with van der Waals surface area (Å²) in [6.07, 6.45) is 4.85. The smallest absolute Gasteiger partial charge is 0.193 e. The Labute approximate surface area is 170 Å². The lowest BCUT2D eigenvalue weighted by molar-refractivity contribution is 0.207. The minimum atomic E-state index is 0.256. The van der Waals surface area contributed by atoms with Crippen LogP contribution >= 0.6 is 11.6 Å². The van der Waals surface area contributed by atoms with Crippen molar-refractivity contribution in [2.24, 2.45) is 10.7 Å². The highest BCUT2D eigenvalue weighted by molar-refractivity contribution is 6.32. The molecule has 1 saturated carbocycles. The molecular weight excluding hydrogens is 378 g/mol. The highest BCUT2D eigenvalue weighted by Crippen LogP contribution is 2.30. The van der Waals surface area contributed by atoms with E-state index >= 15 is 0 Å². The number of hydrogen-bond donors (Lipinski definition) is 2. The maximum atomic E-state index is 6.20. The first kappa shape index (κ1) is 20.1. The number of rotatable bonds is 7. The molecule has 1 aliphatic carbocycles. The van der Waals surface area contributed by atoms with E-state index in [2.05, 4.69) is 10.3 Å². The van der Waals surface area contributed by atoms with Crippen LogP contribution in [0.2, 0.25) is 5.02 Å². The van der Waals surface area contributed by atoms with Gasteiger partial charge in [0.2, 0.25) is 0 Å². The van der Waals surface area contributed by atoms with Crippen molar-refractivity contribution in [3.05, 3.63) is 47.0 Å². The van der Waals surface area contributed by atoms with Crippen molar-refractivity contribution in [2.45, 2.75) is 38.3 Å². The number of halogens is 1. The van der Waals surface area contributed by atoms with Crippen LogP contribution in [-0.2, 0) is 6.54 Å². The molecule has 6 nitrogen and oxygen atoms in total. The molecule has 0 aromatic heterocycles. The second-order valence-electron chi connectivity index (χ2n) is 6.67. The van der Waals surface area contributed by atoms with Crippen molar-refractivity contribution in [3.8, 4) is 17.2 Å². The molecule has 150 valence electrons. The monoisotopic (exact) mass is 403 g/mol. The van der Waals surface area contributed by atoms with Crippen molar-refractivity contribution in [1.29, 1.82) is 0 Å². The summed E-state index contributed by atoms with van der Waals surface area (Å²) in [6, 6.07) is 11.1. The first-order valence-electron chi connectivity index (χ1n) is 9.33. The van der Waals surface area contributed by atoms with Gasteiger partial charge in [0.15, 0.2) is 5.96 Å². The Morgan fingerprint density at radius 1 is 1.11 bits per heavy atom. The van der Waals surface area contributed by atoms with Gasteiger partial charge in [0.05, 0.1) is 31.9 Å². The molecule has 1 aliphatic rings. The maximum Gasteiger partial charge on any atom is 0.193 e. The standard InChI is InChI=1S/C21H26ClN3O3/c1-26-17-9-7-14(20(12-17)28-16-5-3-4-6-16)13-24-21(23)25-15-8-10-19(27-2)18(22)11-15/h7-12,16H,3-6,13H2,1-2H3,(H3,23,24,25). The second-order valence-corrected chi connectivity index (χ2v) is 7.08. The predicted octanol–water partition coefficient (Wildman–Crippen LogP) is 4.61. The Kier molecular flexibility index (Phi) is 6.87. The summed E-state index contributed by atoms with van der Waals surface area (Å²) in [7, 11) is 3.22. The summed E-state index contributed by atoms with van der Waals surface area (Å²) in [6.45, 7) is 0.398. The lowest BCUT2D eigenvalue weighted by atomic mass is 10.2. The van der Waals surface area contributed by atoms with Gasteiger partial charge in [-0.15, -0.1) is 0 Å². The Morgan fingerprint density at radius 2 is 1.89 bits per heavy atom. The van der Waals surface area contributed by atoms with Gasteiger partial charge in [-0.1, -0.05) is 11.6 Å². The van der Waals surface area contributed by atoms with Crippen LogP contribution in [0.3, 0.4) is 0 Å². The number of aliphatic imine (C=N–C) groups is 1. The summed E-state index contributed by atoms with van der Waals surface area (Å²) in [5.41, 5.74) is 7.75. The van der Waals surface area contributed by atoms with Crippen LogP contribution in [-0.4, -0.2) is 26.3 Å². The van der Waals surface area contributed by atoms with Crippen LogP contribution < -0.4 is 25.3 Å². The number of nitrogens with two attached hydrogens (primary N) is 1. The van der Waals surface area contributed by atoms with E-state index in [1.165, 1.54) is 12.8 Å². The number of nitrogens with one attached hydrogen (secondary N) is 1. The molecule has 28 heavy (non-hydrogen) atoms. The first-order chi connectivity index (χ1) is 13.6. The lowest BCUT2D eigenvalue weighted by Crippen LogP contribution is -2.22. The minimum Gasteiger partial charge on any atom is -0.497 e. The fourth-order valence-corrected chi connectivity index (χ4v) is 3.45. The van der Waals surface area contributed by atoms with Crippen LogP contribution in [0.25, 0.3) is 0 Å². The fourth-order valence-electron chi connectivity index (χ4n) is 3.19. The van der Waals surface area contributed by atoms with E-state index in [0.29, 0.717) is 23.3 Å². The van der Waals surface area contributed by atoms with E-state index in [1.807, 2.05) is 24.3 Å². The topological polar surface area (TPSA) is 78.1 Å². The zero-order chi connectivity index (χ0) is 19.9. The summed E-state index contributed by atoms with van der Waals surface area (Å²) in [4.78, 5) is 4.44. The summed E-state index contributed by atoms with van der Waals surface area (Å²) >= 11 is 6.14. The van der Waals surface area contributed by atoms with Crippen molar-refractivity contribution in [2.75, 3.05) is 19.5 Å². The molecule has 0 heterocycles. The van der Waals surface area contributed by atoms with Gasteiger partial charge in [-0.25, -0.2) is 4.99 Å². The number of anilines is 1. The van der Waals surface area contributed by atoms with Gasteiger partial charge >= 0.3 is 0 Å². The van der Waals surface area contributed by atoms with Crippen molar-refractivity contribution in [1.82, 2.24) is 0 Å². The molecule has 0 atom stereocenters. The number of nitrogens with zero attached hydrogens (tertiary/aromatic N) is 1. The highest BCUT2D eigenvalue weighted by atomic mass is 35.5. The second kappa shape index (κ2) is 9.55. The quantitative estimate of drug-likeness (QED) is 0.521. The van der Waals surface area contributed by atoms with Crippen molar-refractivity contribution < 1.29 is 14.2 Å². The van der Waals surface area contributed by atoms with E-state index in [1.54, 1.807) is 26.4 Å². The Hall–Kier alpha value is -2.60. The minimum absolute atomic E-state index is 0.256. The summed E-state index contributed by atoms with van der Waals surface area (Å²) in [5, 5.41) is 3.54. The van der Waals surface area contributed by atoms with Gasteiger partial charge < -0.3 is 25.3 Å². The van der Waals surface area contributed by atoms with Crippen LogP contribution in [0.15, 0.2) is 41.4 Å². The van der Waals surface area contributed by atoms with Gasteiger partial charge in [-0.3, -0.25) is 0 Å². The molecule has 7 heteroatoms. The maximum absolute atomic E-state index is 6.20. The van der Waals surface area contributed by atoms with Gasteiger partial charge in [0, 0.05) is 17.3 Å². The molecule has 2 aromatic rings. The molecule has 1 fully saturated rings. The molecule has 0 unspecified atom stereocenters. The lowest BCUT2D eigenvalue weighted by Gasteiger charge is -2.17. The largest absolute Gasteiger partial charge is 0.497 e. The average molecular weight is 404 g/mol. The highest BCUT2D eigenvalue weighted by Gasteiger charge is 2.18. The molecule has 0 bridgehead atoms. The first-order valence-corrected chi connectivity index (χ1v) is 9.71. The van der Waals surface area contributed by atoms with Crippen molar-refractivity contribution >= 4 is 23.2 Å². The number of benzene rings is 2. The number of guanidine groups is 1. The van der Waals surface area contributed by atoms with E-state index in [4.69, 9.17) is 31.5 Å².